The van der Waals surface area contributed by atoms with Crippen molar-refractivity contribution in [2.45, 2.75) is 31.2 Å². The Morgan fingerprint density at radius 3 is 2.58 bits per heavy atom. The van der Waals surface area contributed by atoms with Gasteiger partial charge in [-0.3, -0.25) is 0 Å². The molecule has 0 atom stereocenters. The van der Waals surface area contributed by atoms with Gasteiger partial charge in [-0.2, -0.15) is 0 Å². The van der Waals surface area contributed by atoms with Gasteiger partial charge in [0.2, 0.25) is 0 Å². The third-order valence-corrected chi connectivity index (χ3v) is 2.56. The fourth-order valence-electron chi connectivity index (χ4n) is 1.88. The molecule has 0 aliphatic heterocycles. The molecule has 2 rings (SSSR count). The van der Waals surface area contributed by atoms with Gasteiger partial charge in [-0.25, -0.2) is 4.68 Å². The Kier molecular flexibility index (Phi) is 1.61. The highest BCUT2D eigenvalue weighted by molar-refractivity contribution is 5.05. The van der Waals surface area contributed by atoms with Gasteiger partial charge < -0.3 is 5.73 Å². The van der Waals surface area contributed by atoms with Crippen LogP contribution in [0, 0.1) is 0 Å². The van der Waals surface area contributed by atoms with Crippen molar-refractivity contribution >= 4 is 0 Å². The Balaban J connectivity index is 2.34. The fourth-order valence-corrected chi connectivity index (χ4v) is 1.88. The molecule has 0 radical (unpaired) electrons. The van der Waals surface area contributed by atoms with Crippen LogP contribution in [0.3, 0.4) is 0 Å². The van der Waals surface area contributed by atoms with Crippen molar-refractivity contribution in [3.05, 3.63) is 5.82 Å². The molecule has 1 heterocycles. The predicted octanol–water partition coefficient (Wildman–Crippen LogP) is -0.0619. The van der Waals surface area contributed by atoms with Crippen molar-refractivity contribution < 1.29 is 0 Å². The zero-order valence-electron chi connectivity index (χ0n) is 7.19. The van der Waals surface area contributed by atoms with Crippen LogP contribution in [-0.2, 0) is 12.6 Å². The highest BCUT2D eigenvalue weighted by Crippen LogP contribution is 2.34. The van der Waals surface area contributed by atoms with Crippen LogP contribution in [0.25, 0.3) is 0 Å². The summed E-state index contributed by atoms with van der Waals surface area (Å²) in [5, 5.41) is 11.3. The summed E-state index contributed by atoms with van der Waals surface area (Å²) in [6.07, 6.45) is 4.37. The monoisotopic (exact) mass is 167 g/mol. The number of aromatic nitrogens is 4. The molecule has 66 valence electrons. The summed E-state index contributed by atoms with van der Waals surface area (Å²) in [7, 11) is 1.84. The maximum Gasteiger partial charge on any atom is 0.170 e. The zero-order chi connectivity index (χ0) is 8.60. The molecule has 1 fully saturated rings. The van der Waals surface area contributed by atoms with Gasteiger partial charge in [-0.1, -0.05) is 12.8 Å². The second-order valence-corrected chi connectivity index (χ2v) is 3.49. The summed E-state index contributed by atoms with van der Waals surface area (Å²) < 4.78 is 1.67. The van der Waals surface area contributed by atoms with E-state index in [1.807, 2.05) is 7.05 Å². The second kappa shape index (κ2) is 2.52. The number of nitrogens with two attached hydrogens (primary N) is 1. The number of tetrazole rings is 1. The molecule has 0 spiro atoms. The Hall–Kier alpha value is -0.970. The first-order valence-electron chi connectivity index (χ1n) is 4.24. The summed E-state index contributed by atoms with van der Waals surface area (Å²) in [4.78, 5) is 0. The van der Waals surface area contributed by atoms with Crippen molar-refractivity contribution in [3.63, 3.8) is 0 Å². The van der Waals surface area contributed by atoms with Crippen LogP contribution < -0.4 is 5.73 Å². The molecule has 12 heavy (non-hydrogen) atoms. The van der Waals surface area contributed by atoms with E-state index in [0.29, 0.717) is 0 Å². The Morgan fingerprint density at radius 2 is 2.08 bits per heavy atom. The SMILES string of the molecule is Cn1nnnc1C1(N)CCCC1. The lowest BCUT2D eigenvalue weighted by Crippen LogP contribution is -2.36. The summed E-state index contributed by atoms with van der Waals surface area (Å²) in [5.41, 5.74) is 5.90. The van der Waals surface area contributed by atoms with E-state index in [1.165, 1.54) is 12.8 Å². The first-order valence-corrected chi connectivity index (χ1v) is 4.24. The highest BCUT2D eigenvalue weighted by Gasteiger charge is 2.35. The Labute approximate surface area is 70.9 Å². The van der Waals surface area contributed by atoms with Crippen molar-refractivity contribution in [2.24, 2.45) is 12.8 Å². The van der Waals surface area contributed by atoms with Crippen LogP contribution >= 0.6 is 0 Å². The van der Waals surface area contributed by atoms with Crippen LogP contribution in [-0.4, -0.2) is 20.2 Å². The van der Waals surface area contributed by atoms with E-state index < -0.39 is 0 Å². The van der Waals surface area contributed by atoms with E-state index in [9.17, 15) is 0 Å². The molecule has 1 aliphatic rings. The number of aryl methyl sites for hydroxylation is 1. The van der Waals surface area contributed by atoms with Gasteiger partial charge in [-0.05, 0) is 23.3 Å². The lowest BCUT2D eigenvalue weighted by Gasteiger charge is -2.20. The second-order valence-electron chi connectivity index (χ2n) is 3.49. The van der Waals surface area contributed by atoms with Crippen molar-refractivity contribution in [2.75, 3.05) is 0 Å². The van der Waals surface area contributed by atoms with Crippen LogP contribution in [0.1, 0.15) is 31.5 Å². The summed E-state index contributed by atoms with van der Waals surface area (Å²) in [6, 6.07) is 0. The van der Waals surface area contributed by atoms with E-state index in [0.717, 1.165) is 18.7 Å². The lowest BCUT2D eigenvalue weighted by atomic mass is 9.98. The van der Waals surface area contributed by atoms with Crippen LogP contribution in [0.4, 0.5) is 0 Å². The molecule has 1 aliphatic carbocycles. The van der Waals surface area contributed by atoms with Crippen LogP contribution in [0.15, 0.2) is 0 Å². The predicted molar refractivity (Wildman–Crippen MR) is 43.1 cm³/mol. The number of nitrogens with zero attached hydrogens (tertiary/aromatic N) is 4. The number of hydrogen-bond acceptors (Lipinski definition) is 4. The minimum absolute atomic E-state index is 0.266. The minimum atomic E-state index is -0.266. The average Bonchev–Trinajstić information content (AvgIpc) is 2.59. The molecule has 0 bridgehead atoms. The average molecular weight is 167 g/mol. The largest absolute Gasteiger partial charge is 0.319 e. The molecule has 0 amide bonds. The van der Waals surface area contributed by atoms with Crippen molar-refractivity contribution in [1.82, 2.24) is 20.2 Å². The lowest BCUT2D eigenvalue weighted by molar-refractivity contribution is 0.410. The van der Waals surface area contributed by atoms with E-state index in [4.69, 9.17) is 5.73 Å². The molecule has 0 saturated heterocycles. The molecule has 1 aromatic rings. The van der Waals surface area contributed by atoms with E-state index in [2.05, 4.69) is 15.5 Å². The first-order chi connectivity index (χ1) is 5.72. The Morgan fingerprint density at radius 1 is 1.42 bits per heavy atom. The van der Waals surface area contributed by atoms with Crippen molar-refractivity contribution in [3.8, 4) is 0 Å². The van der Waals surface area contributed by atoms with Gasteiger partial charge >= 0.3 is 0 Å². The maximum absolute atomic E-state index is 6.16. The topological polar surface area (TPSA) is 69.6 Å². The molecule has 0 aromatic carbocycles. The molecule has 1 saturated carbocycles. The Bertz CT molecular complexity index is 273. The van der Waals surface area contributed by atoms with Crippen LogP contribution in [0.2, 0.25) is 0 Å². The van der Waals surface area contributed by atoms with Gasteiger partial charge in [0.1, 0.15) is 0 Å². The molecular weight excluding hydrogens is 154 g/mol. The highest BCUT2D eigenvalue weighted by atomic mass is 15.5. The van der Waals surface area contributed by atoms with Crippen LogP contribution in [0.5, 0.6) is 0 Å². The molecule has 5 nitrogen and oxygen atoms in total. The summed E-state index contributed by atoms with van der Waals surface area (Å²) >= 11 is 0. The van der Waals surface area contributed by atoms with Gasteiger partial charge in [0.05, 0.1) is 5.54 Å². The van der Waals surface area contributed by atoms with E-state index in [-0.39, 0.29) is 5.54 Å². The van der Waals surface area contributed by atoms with Gasteiger partial charge in [-0.15, -0.1) is 5.10 Å². The first kappa shape index (κ1) is 7.67. The van der Waals surface area contributed by atoms with E-state index in [1.54, 1.807) is 4.68 Å². The van der Waals surface area contributed by atoms with E-state index >= 15 is 0 Å². The molecule has 5 heteroatoms. The standard InChI is InChI=1S/C7H13N5/c1-12-6(9-10-11-12)7(8)4-2-3-5-7/h2-5,8H2,1H3. The van der Waals surface area contributed by atoms with Crippen molar-refractivity contribution in [1.29, 1.82) is 0 Å². The third-order valence-electron chi connectivity index (χ3n) is 2.56. The van der Waals surface area contributed by atoms with Gasteiger partial charge in [0.15, 0.2) is 5.82 Å². The number of rotatable bonds is 1. The number of hydrogen-bond donors (Lipinski definition) is 1. The third kappa shape index (κ3) is 1.01. The smallest absolute Gasteiger partial charge is 0.170 e. The minimum Gasteiger partial charge on any atom is -0.319 e. The molecular formula is C7H13N5. The summed E-state index contributed by atoms with van der Waals surface area (Å²) in [5.74, 6) is 0.819. The molecule has 1 aromatic heterocycles. The quantitative estimate of drug-likeness (QED) is 0.636. The molecule has 2 N–H and O–H groups in total. The fraction of sp³-hybridized carbons (Fsp3) is 0.857. The normalized spacial score (nSPS) is 21.5. The maximum atomic E-state index is 6.16. The zero-order valence-corrected chi connectivity index (χ0v) is 7.19. The van der Waals surface area contributed by atoms with Gasteiger partial charge in [0, 0.05) is 7.05 Å². The van der Waals surface area contributed by atoms with Gasteiger partial charge in [0.25, 0.3) is 0 Å². The molecule has 0 unspecified atom stereocenters. The summed E-state index contributed by atoms with van der Waals surface area (Å²) in [6.45, 7) is 0.